The molecule has 0 heterocycles. The first-order valence-electron chi connectivity index (χ1n) is 12.3. The quantitative estimate of drug-likeness (QED) is 0.103. The molecular weight excluding hydrogens is 416 g/mol. The van der Waals surface area contributed by atoms with Gasteiger partial charge in [0.2, 0.25) is 0 Å². The van der Waals surface area contributed by atoms with Crippen LogP contribution < -0.4 is 5.32 Å². The van der Waals surface area contributed by atoms with E-state index in [9.17, 15) is 8.78 Å². The lowest BCUT2D eigenvalue weighted by molar-refractivity contribution is -0.0240. The number of hydrogen-bond acceptors (Lipinski definition) is 3. The monoisotopic (exact) mass is 465 g/mol. The molecule has 0 rings (SSSR count). The Morgan fingerprint density at radius 3 is 2.24 bits per heavy atom. The summed E-state index contributed by atoms with van der Waals surface area (Å²) in [6.45, 7) is 21.0. The second-order valence-electron chi connectivity index (χ2n) is 9.48. The lowest BCUT2D eigenvalue weighted by atomic mass is 9.91. The van der Waals surface area contributed by atoms with Crippen LogP contribution >= 0.6 is 0 Å². The number of unbranched alkanes of at least 4 members (excludes halogenated alkanes) is 2. The first kappa shape index (κ1) is 31.4. The number of likely N-dealkylation sites (N-methyl/N-ethyl adjacent to an activating group) is 2. The highest BCUT2D eigenvalue weighted by molar-refractivity contribution is 5.30. The second-order valence-corrected chi connectivity index (χ2v) is 9.48. The molecule has 0 aliphatic rings. The molecule has 3 nitrogen and oxygen atoms in total. The van der Waals surface area contributed by atoms with Gasteiger partial charge < -0.3 is 5.32 Å². The lowest BCUT2D eigenvalue weighted by Crippen LogP contribution is -2.57. The SMILES string of the molecule is C=CC(C)(NC(C)C(CCCCC)N(C)N(C)CC(=C/C=C(\C)CCC)/C(F)=C/F)C(=C)C. The third kappa shape index (κ3) is 10.9. The number of rotatable bonds is 17. The van der Waals surface area contributed by atoms with Crippen LogP contribution in [0.15, 0.2) is 60.3 Å². The van der Waals surface area contributed by atoms with Crippen LogP contribution in [-0.4, -0.2) is 48.3 Å². The predicted octanol–water partition coefficient (Wildman–Crippen LogP) is 7.67. The highest BCUT2D eigenvalue weighted by atomic mass is 19.2. The van der Waals surface area contributed by atoms with Crippen LogP contribution in [0, 0.1) is 0 Å². The molecular formula is C28H49F2N3. The first-order valence-corrected chi connectivity index (χ1v) is 12.3. The maximum Gasteiger partial charge on any atom is 0.155 e. The van der Waals surface area contributed by atoms with Gasteiger partial charge in [-0.05, 0) is 40.5 Å². The smallest absolute Gasteiger partial charge is 0.155 e. The van der Waals surface area contributed by atoms with Gasteiger partial charge in [0, 0.05) is 38.3 Å². The molecule has 0 radical (unpaired) electrons. The number of hydrogen-bond donors (Lipinski definition) is 1. The Labute approximate surface area is 203 Å². The van der Waals surface area contributed by atoms with Crippen molar-refractivity contribution in [3.8, 4) is 0 Å². The molecule has 0 fully saturated rings. The molecule has 0 amide bonds. The fourth-order valence-corrected chi connectivity index (χ4v) is 3.90. The molecule has 5 heteroatoms. The van der Waals surface area contributed by atoms with Gasteiger partial charge in [-0.25, -0.2) is 18.8 Å². The van der Waals surface area contributed by atoms with Gasteiger partial charge in [0.15, 0.2) is 5.83 Å². The molecule has 0 aliphatic heterocycles. The van der Waals surface area contributed by atoms with Crippen LogP contribution in [0.5, 0.6) is 0 Å². The molecule has 0 aromatic rings. The Hall–Kier alpha value is -1.56. The van der Waals surface area contributed by atoms with Crippen molar-refractivity contribution < 1.29 is 8.78 Å². The Kier molecular flexibility index (Phi) is 15.4. The number of hydrazine groups is 1. The van der Waals surface area contributed by atoms with E-state index in [-0.39, 0.29) is 30.5 Å². The molecule has 0 aromatic heterocycles. The highest BCUT2D eigenvalue weighted by Gasteiger charge is 2.30. The summed E-state index contributed by atoms with van der Waals surface area (Å²) in [5, 5.41) is 7.81. The topological polar surface area (TPSA) is 18.5 Å². The lowest BCUT2D eigenvalue weighted by Gasteiger charge is -2.42. The maximum atomic E-state index is 14.3. The van der Waals surface area contributed by atoms with E-state index in [1.54, 1.807) is 6.08 Å². The van der Waals surface area contributed by atoms with E-state index in [4.69, 9.17) is 0 Å². The van der Waals surface area contributed by atoms with E-state index in [2.05, 4.69) is 51.2 Å². The summed E-state index contributed by atoms with van der Waals surface area (Å²) in [6.07, 6.45) is 11.9. The van der Waals surface area contributed by atoms with E-state index >= 15 is 0 Å². The zero-order valence-electron chi connectivity index (χ0n) is 22.5. The van der Waals surface area contributed by atoms with Gasteiger partial charge in [0.25, 0.3) is 0 Å². The summed E-state index contributed by atoms with van der Waals surface area (Å²) < 4.78 is 27.4. The van der Waals surface area contributed by atoms with Gasteiger partial charge in [-0.15, -0.1) is 6.58 Å². The van der Waals surface area contributed by atoms with E-state index in [1.165, 1.54) is 0 Å². The number of allylic oxidation sites excluding steroid dienone is 3. The summed E-state index contributed by atoms with van der Waals surface area (Å²) in [4.78, 5) is 0. The molecule has 0 saturated heterocycles. The number of halogens is 2. The molecule has 0 aromatic carbocycles. The average molecular weight is 466 g/mol. The van der Waals surface area contributed by atoms with Crippen molar-refractivity contribution >= 4 is 0 Å². The van der Waals surface area contributed by atoms with E-state index < -0.39 is 5.83 Å². The van der Waals surface area contributed by atoms with Crippen molar-refractivity contribution in [1.29, 1.82) is 0 Å². The van der Waals surface area contributed by atoms with Crippen molar-refractivity contribution in [2.24, 2.45) is 0 Å². The van der Waals surface area contributed by atoms with Gasteiger partial charge in [-0.3, -0.25) is 0 Å². The largest absolute Gasteiger partial charge is 0.301 e. The third-order valence-corrected chi connectivity index (χ3v) is 6.54. The summed E-state index contributed by atoms with van der Waals surface area (Å²) in [6, 6.07) is 0.283. The standard InChI is InChI=1S/C28H49F2N3/c1-11-14-15-17-27(24(7)31-28(8,13-3)22(4)5)33(10)32(9)21-25(26(30)20-29)19-18-23(6)16-12-2/h13,18-20,24,27,31H,3-4,11-12,14-17,21H2,1-2,5-10H3/b23-18+,25-19-,26-20-. The average Bonchev–Trinajstić information content (AvgIpc) is 2.78. The minimum atomic E-state index is -0.828. The Morgan fingerprint density at radius 1 is 1.12 bits per heavy atom. The molecule has 0 bridgehead atoms. The van der Waals surface area contributed by atoms with Gasteiger partial charge in [0.1, 0.15) is 6.33 Å². The Balaban J connectivity index is 5.75. The second kappa shape index (κ2) is 16.1. The van der Waals surface area contributed by atoms with Gasteiger partial charge in [-0.1, -0.05) is 75.5 Å². The zero-order chi connectivity index (χ0) is 25.6. The van der Waals surface area contributed by atoms with Crippen molar-refractivity contribution in [1.82, 2.24) is 15.3 Å². The summed E-state index contributed by atoms with van der Waals surface area (Å²) >= 11 is 0. The number of nitrogens with one attached hydrogen (secondary N) is 1. The Bertz CT molecular complexity index is 695. The van der Waals surface area contributed by atoms with Gasteiger partial charge in [-0.2, -0.15) is 0 Å². The molecule has 3 unspecified atom stereocenters. The molecule has 190 valence electrons. The minimum Gasteiger partial charge on any atom is -0.301 e. The van der Waals surface area contributed by atoms with E-state index in [0.717, 1.165) is 49.7 Å². The van der Waals surface area contributed by atoms with Crippen LogP contribution in [0.25, 0.3) is 0 Å². The van der Waals surface area contributed by atoms with Crippen LogP contribution in [0.4, 0.5) is 8.78 Å². The summed E-state index contributed by atoms with van der Waals surface area (Å²) in [5.41, 5.74) is 2.10. The van der Waals surface area contributed by atoms with Crippen molar-refractivity contribution in [2.75, 3.05) is 20.6 Å². The molecule has 0 saturated carbocycles. The van der Waals surface area contributed by atoms with Gasteiger partial charge in [0.05, 0.1) is 5.54 Å². The fourth-order valence-electron chi connectivity index (χ4n) is 3.90. The number of nitrogens with zero attached hydrogens (tertiary/aromatic N) is 2. The van der Waals surface area contributed by atoms with E-state index in [1.807, 2.05) is 45.1 Å². The van der Waals surface area contributed by atoms with Crippen LogP contribution in [0.1, 0.15) is 80.1 Å². The van der Waals surface area contributed by atoms with Gasteiger partial charge >= 0.3 is 0 Å². The maximum absolute atomic E-state index is 14.3. The van der Waals surface area contributed by atoms with Crippen LogP contribution in [-0.2, 0) is 0 Å². The summed E-state index contributed by atoms with van der Waals surface area (Å²) in [7, 11) is 3.95. The highest BCUT2D eigenvalue weighted by Crippen LogP contribution is 2.22. The molecule has 33 heavy (non-hydrogen) atoms. The molecule has 1 N–H and O–H groups in total. The molecule has 0 aliphatic carbocycles. The van der Waals surface area contributed by atoms with E-state index in [0.29, 0.717) is 5.57 Å². The predicted molar refractivity (Wildman–Crippen MR) is 141 cm³/mol. The van der Waals surface area contributed by atoms with Crippen molar-refractivity contribution in [3.63, 3.8) is 0 Å². The zero-order valence-corrected chi connectivity index (χ0v) is 22.5. The normalized spacial score (nSPS) is 17.3. The van der Waals surface area contributed by atoms with Crippen molar-refractivity contribution in [3.05, 3.63) is 60.3 Å². The fraction of sp³-hybridized carbons (Fsp3) is 0.643. The van der Waals surface area contributed by atoms with Crippen LogP contribution in [0.2, 0.25) is 0 Å². The Morgan fingerprint density at radius 2 is 1.76 bits per heavy atom. The minimum absolute atomic E-state index is 0.0496. The molecule has 0 spiro atoms. The van der Waals surface area contributed by atoms with Crippen molar-refractivity contribution in [2.45, 2.75) is 97.7 Å². The molecule has 3 atom stereocenters. The third-order valence-electron chi connectivity index (χ3n) is 6.54. The summed E-state index contributed by atoms with van der Waals surface area (Å²) in [5.74, 6) is -0.828. The van der Waals surface area contributed by atoms with Crippen LogP contribution in [0.3, 0.4) is 0 Å². The first-order chi connectivity index (χ1) is 15.5.